The fourth-order valence-electron chi connectivity index (χ4n) is 3.32. The van der Waals surface area contributed by atoms with E-state index in [1.165, 1.54) is 12.5 Å². The van der Waals surface area contributed by atoms with Crippen LogP contribution in [0.4, 0.5) is 0 Å². The minimum Gasteiger partial charge on any atom is -0.480 e. The lowest BCUT2D eigenvalue weighted by molar-refractivity contribution is -0.142. The van der Waals surface area contributed by atoms with E-state index in [4.69, 9.17) is 11.5 Å². The Hall–Kier alpha value is -3.48. The predicted molar refractivity (Wildman–Crippen MR) is 126 cm³/mol. The third-order valence-electron chi connectivity index (χ3n) is 5.21. The molecule has 9 N–H and O–H groups in total. The number of nitrogens with two attached hydrogens (primary N) is 2. The van der Waals surface area contributed by atoms with E-state index in [2.05, 4.69) is 25.9 Å². The number of hydrogen-bond donors (Lipinski definition) is 7. The van der Waals surface area contributed by atoms with Crippen molar-refractivity contribution in [3.05, 3.63) is 18.2 Å². The van der Waals surface area contributed by atoms with E-state index in [-0.39, 0.29) is 31.1 Å². The maximum absolute atomic E-state index is 13.0. The molecule has 196 valence electrons. The van der Waals surface area contributed by atoms with Crippen LogP contribution in [0.15, 0.2) is 12.5 Å². The van der Waals surface area contributed by atoms with Crippen LogP contribution in [0.2, 0.25) is 0 Å². The summed E-state index contributed by atoms with van der Waals surface area (Å²) in [5.74, 6) is -4.15. The summed E-state index contributed by atoms with van der Waals surface area (Å²) in [5.41, 5.74) is 11.6. The molecule has 0 aliphatic rings. The second-order valence-corrected chi connectivity index (χ2v) is 9.21. The van der Waals surface area contributed by atoms with E-state index in [0.29, 0.717) is 12.1 Å². The summed E-state index contributed by atoms with van der Waals surface area (Å²) in [6.07, 6.45) is 2.77. The fourth-order valence-corrected chi connectivity index (χ4v) is 3.32. The number of carbonyl (C=O) groups is 5. The minimum absolute atomic E-state index is 0.0734. The second kappa shape index (κ2) is 14.0. The van der Waals surface area contributed by atoms with Gasteiger partial charge in [-0.2, -0.15) is 0 Å². The maximum Gasteiger partial charge on any atom is 0.326 e. The van der Waals surface area contributed by atoms with Crippen molar-refractivity contribution in [1.29, 1.82) is 0 Å². The molecule has 0 spiro atoms. The Labute approximate surface area is 204 Å². The van der Waals surface area contributed by atoms with Gasteiger partial charge in [0.1, 0.15) is 18.1 Å². The SMILES string of the molecule is CC(C)CC(N)C(=O)NC(C(=O)NC(CCC(N)=O)C(=O)NC(Cc1cnc[nH]1)C(=O)O)C(C)C. The highest BCUT2D eigenvalue weighted by molar-refractivity contribution is 5.94. The van der Waals surface area contributed by atoms with E-state index >= 15 is 0 Å². The Kier molecular flexibility index (Phi) is 11.9. The van der Waals surface area contributed by atoms with Crippen molar-refractivity contribution in [2.24, 2.45) is 23.3 Å². The molecule has 4 atom stereocenters. The van der Waals surface area contributed by atoms with Crippen molar-refractivity contribution in [2.75, 3.05) is 0 Å². The summed E-state index contributed by atoms with van der Waals surface area (Å²) in [7, 11) is 0. The molecular formula is C22H37N7O6. The molecule has 0 aliphatic heterocycles. The molecule has 13 heteroatoms. The number of aromatic nitrogens is 2. The van der Waals surface area contributed by atoms with Crippen molar-refractivity contribution in [3.8, 4) is 0 Å². The third kappa shape index (κ3) is 10.5. The van der Waals surface area contributed by atoms with Crippen molar-refractivity contribution in [3.63, 3.8) is 0 Å². The number of rotatable bonds is 15. The number of amides is 4. The molecule has 1 heterocycles. The summed E-state index contributed by atoms with van der Waals surface area (Å²) in [6.45, 7) is 7.25. The molecule has 4 amide bonds. The summed E-state index contributed by atoms with van der Waals surface area (Å²) < 4.78 is 0. The van der Waals surface area contributed by atoms with Gasteiger partial charge < -0.3 is 37.5 Å². The lowest BCUT2D eigenvalue weighted by Crippen LogP contribution is -2.58. The van der Waals surface area contributed by atoms with Gasteiger partial charge in [-0.3, -0.25) is 19.2 Å². The molecule has 0 saturated carbocycles. The van der Waals surface area contributed by atoms with Crippen LogP contribution in [-0.2, 0) is 30.4 Å². The van der Waals surface area contributed by atoms with Gasteiger partial charge in [0.05, 0.1) is 12.4 Å². The van der Waals surface area contributed by atoms with Crippen molar-refractivity contribution in [2.45, 2.75) is 77.5 Å². The number of nitrogens with one attached hydrogen (secondary N) is 4. The first-order valence-electron chi connectivity index (χ1n) is 11.5. The largest absolute Gasteiger partial charge is 0.480 e. The highest BCUT2D eigenvalue weighted by atomic mass is 16.4. The normalized spacial score (nSPS) is 14.6. The summed E-state index contributed by atoms with van der Waals surface area (Å²) in [5, 5.41) is 17.0. The third-order valence-corrected chi connectivity index (χ3v) is 5.21. The second-order valence-electron chi connectivity index (χ2n) is 9.21. The van der Waals surface area contributed by atoms with Crippen LogP contribution in [0.1, 0.15) is 52.7 Å². The zero-order valence-corrected chi connectivity index (χ0v) is 20.5. The Morgan fingerprint density at radius 3 is 2.11 bits per heavy atom. The fraction of sp³-hybridized carbons (Fsp3) is 0.636. The van der Waals surface area contributed by atoms with Crippen LogP contribution in [0.5, 0.6) is 0 Å². The topological polar surface area (TPSA) is 222 Å². The van der Waals surface area contributed by atoms with Crippen LogP contribution >= 0.6 is 0 Å². The average molecular weight is 496 g/mol. The van der Waals surface area contributed by atoms with Gasteiger partial charge in [0, 0.05) is 24.7 Å². The van der Waals surface area contributed by atoms with Gasteiger partial charge in [-0.15, -0.1) is 0 Å². The van der Waals surface area contributed by atoms with Crippen LogP contribution in [0, 0.1) is 11.8 Å². The number of primary amides is 1. The molecule has 1 aromatic rings. The van der Waals surface area contributed by atoms with Gasteiger partial charge >= 0.3 is 5.97 Å². The van der Waals surface area contributed by atoms with Crippen LogP contribution in [-0.4, -0.2) is 68.8 Å². The maximum atomic E-state index is 13.0. The lowest BCUT2D eigenvalue weighted by atomic mass is 9.99. The summed E-state index contributed by atoms with van der Waals surface area (Å²) in [4.78, 5) is 67.9. The molecule has 0 fully saturated rings. The van der Waals surface area contributed by atoms with E-state index in [9.17, 15) is 29.1 Å². The number of aliphatic carboxylic acids is 1. The lowest BCUT2D eigenvalue weighted by Gasteiger charge is -2.27. The Bertz CT molecular complexity index is 872. The Morgan fingerprint density at radius 1 is 1.00 bits per heavy atom. The number of carbonyl (C=O) groups excluding carboxylic acids is 4. The van der Waals surface area contributed by atoms with Gasteiger partial charge in [-0.1, -0.05) is 27.7 Å². The first-order valence-corrected chi connectivity index (χ1v) is 11.5. The first kappa shape index (κ1) is 29.6. The molecular weight excluding hydrogens is 458 g/mol. The number of H-pyrrole nitrogens is 1. The highest BCUT2D eigenvalue weighted by Gasteiger charge is 2.32. The molecule has 0 saturated heterocycles. The van der Waals surface area contributed by atoms with E-state index in [1.54, 1.807) is 13.8 Å². The van der Waals surface area contributed by atoms with E-state index in [1.807, 2.05) is 13.8 Å². The van der Waals surface area contributed by atoms with Crippen LogP contribution < -0.4 is 27.4 Å². The first-order chi connectivity index (χ1) is 16.3. The Balaban J connectivity index is 2.97. The monoisotopic (exact) mass is 495 g/mol. The number of nitrogens with zero attached hydrogens (tertiary/aromatic N) is 1. The molecule has 1 aromatic heterocycles. The minimum atomic E-state index is -1.31. The highest BCUT2D eigenvalue weighted by Crippen LogP contribution is 2.08. The number of carboxylic acids is 1. The van der Waals surface area contributed by atoms with Crippen LogP contribution in [0.25, 0.3) is 0 Å². The molecule has 1 rings (SSSR count). The molecule has 0 aromatic carbocycles. The molecule has 13 nitrogen and oxygen atoms in total. The zero-order valence-electron chi connectivity index (χ0n) is 20.5. The van der Waals surface area contributed by atoms with Crippen molar-refractivity contribution in [1.82, 2.24) is 25.9 Å². The van der Waals surface area contributed by atoms with Gasteiger partial charge in [0.2, 0.25) is 23.6 Å². The van der Waals surface area contributed by atoms with E-state index < -0.39 is 53.8 Å². The predicted octanol–water partition coefficient (Wildman–Crippen LogP) is -1.21. The smallest absolute Gasteiger partial charge is 0.326 e. The molecule has 0 aliphatic carbocycles. The average Bonchev–Trinajstić information content (AvgIpc) is 3.26. The zero-order chi connectivity index (χ0) is 26.7. The van der Waals surface area contributed by atoms with Crippen LogP contribution in [0.3, 0.4) is 0 Å². The Morgan fingerprint density at radius 2 is 1.63 bits per heavy atom. The van der Waals surface area contributed by atoms with E-state index in [0.717, 1.165) is 0 Å². The number of aromatic amines is 1. The number of imidazole rings is 1. The molecule has 0 radical (unpaired) electrons. The molecule has 35 heavy (non-hydrogen) atoms. The number of carboxylic acid groups (broad SMARTS) is 1. The standard InChI is InChI=1S/C22H37N7O6/c1-11(2)7-14(23)19(31)29-18(12(3)4)21(33)27-15(5-6-17(24)30)20(32)28-16(22(34)35)8-13-9-25-10-26-13/h9-12,14-16,18H,5-8,23H2,1-4H3,(H2,24,30)(H,25,26)(H,27,33)(H,28,32)(H,29,31)(H,34,35). The summed E-state index contributed by atoms with van der Waals surface area (Å²) in [6, 6.07) is -4.40. The van der Waals surface area contributed by atoms with Gasteiger partial charge in [0.25, 0.3) is 0 Å². The van der Waals surface area contributed by atoms with Crippen molar-refractivity contribution < 1.29 is 29.1 Å². The summed E-state index contributed by atoms with van der Waals surface area (Å²) >= 11 is 0. The quantitative estimate of drug-likeness (QED) is 0.156. The van der Waals surface area contributed by atoms with Gasteiger partial charge in [-0.25, -0.2) is 9.78 Å². The molecule has 0 bridgehead atoms. The van der Waals surface area contributed by atoms with Gasteiger partial charge in [0.15, 0.2) is 0 Å². The molecule has 4 unspecified atom stereocenters. The van der Waals surface area contributed by atoms with Gasteiger partial charge in [-0.05, 0) is 24.7 Å². The van der Waals surface area contributed by atoms with Crippen molar-refractivity contribution >= 4 is 29.6 Å². The number of hydrogen-bond acceptors (Lipinski definition) is 7.